The van der Waals surface area contributed by atoms with Crippen LogP contribution in [-0.2, 0) is 23.9 Å². The molecule has 6 aliphatic rings. The highest BCUT2D eigenvalue weighted by atomic mass is 35.5. The summed E-state index contributed by atoms with van der Waals surface area (Å²) in [6, 6.07) is 3.86. The van der Waals surface area contributed by atoms with Crippen molar-refractivity contribution < 1.29 is 43.2 Å². The molecule has 59 heavy (non-hydrogen) atoms. The Kier molecular flexibility index (Phi) is 13.0. The van der Waals surface area contributed by atoms with Crippen LogP contribution in [0.4, 0.5) is 4.79 Å². The zero-order valence-electron chi connectivity index (χ0n) is 34.2. The highest BCUT2D eigenvalue weighted by Crippen LogP contribution is 2.57. The van der Waals surface area contributed by atoms with Gasteiger partial charge in [-0.05, 0) is 80.8 Å². The number of pyridine rings is 1. The molecule has 1 aromatic carbocycles. The fraction of sp³-hybridized carbons (Fsp3) is 0.705. The Balaban J connectivity index is 0.920. The van der Waals surface area contributed by atoms with E-state index in [1.807, 2.05) is 18.2 Å². The number of amides is 3. The van der Waals surface area contributed by atoms with Gasteiger partial charge >= 0.3 is 12.1 Å². The lowest BCUT2D eigenvalue weighted by molar-refractivity contribution is -0.139. The summed E-state index contributed by atoms with van der Waals surface area (Å²) in [6.07, 6.45) is 9.13. The molecule has 3 amide bonds. The first kappa shape index (κ1) is 41.8. The Hall–Kier alpha value is -3.88. The Morgan fingerprint density at radius 2 is 1.75 bits per heavy atom. The Bertz CT molecular complexity index is 1860. The maximum Gasteiger partial charge on any atom is 0.408 e. The van der Waals surface area contributed by atoms with Crippen molar-refractivity contribution in [2.45, 2.75) is 121 Å². The maximum absolute atomic E-state index is 14.4. The number of carboxylic acids is 1. The van der Waals surface area contributed by atoms with Gasteiger partial charge in [0.1, 0.15) is 47.4 Å². The second kappa shape index (κ2) is 18.4. The molecule has 4 saturated carbocycles. The van der Waals surface area contributed by atoms with Gasteiger partial charge in [-0.2, -0.15) is 0 Å². The van der Waals surface area contributed by atoms with E-state index in [1.165, 1.54) is 4.90 Å². The fourth-order valence-corrected chi connectivity index (χ4v) is 10.1. The normalized spacial score (nSPS) is 29.2. The van der Waals surface area contributed by atoms with E-state index >= 15 is 0 Å². The lowest BCUT2D eigenvalue weighted by atomic mass is 10.0. The number of halogens is 1. The summed E-state index contributed by atoms with van der Waals surface area (Å²) in [5, 5.41) is 13.2. The van der Waals surface area contributed by atoms with E-state index in [2.05, 4.69) is 17.1 Å². The number of carbonyl (C=O) groups excluding carboxylic acids is 3. The highest BCUT2D eigenvalue weighted by molar-refractivity contribution is 6.36. The van der Waals surface area contributed by atoms with Crippen LogP contribution < -0.4 is 20.5 Å². The van der Waals surface area contributed by atoms with Crippen molar-refractivity contribution >= 4 is 46.4 Å². The molecule has 9 atom stereocenters. The molecule has 0 spiro atoms. The number of carbonyl (C=O) groups is 4. The highest BCUT2D eigenvalue weighted by Gasteiger charge is 2.54. The van der Waals surface area contributed by atoms with Gasteiger partial charge in [0.2, 0.25) is 11.8 Å². The number of benzene rings is 1. The number of nitrogens with zero attached hydrogens (tertiary/aromatic N) is 3. The minimum absolute atomic E-state index is 0.112. The molecule has 0 radical (unpaired) electrons. The number of aromatic nitrogens is 1. The van der Waals surface area contributed by atoms with Crippen molar-refractivity contribution in [3.8, 4) is 11.5 Å². The van der Waals surface area contributed by atoms with Crippen LogP contribution in [0.1, 0.15) is 102 Å². The van der Waals surface area contributed by atoms with E-state index in [-0.39, 0.29) is 30.9 Å². The third kappa shape index (κ3) is 10.2. The monoisotopic (exact) mass is 837 g/mol. The number of unbranched alkanes of at least 4 members (excludes halogenated alkanes) is 4. The number of carboxylic acid groups (broad SMARTS) is 1. The SMILES string of the molecule is C[C@H]1[C@H]2C[C@@H](OC(=O)N[C@@H](CCCCCCC[C@@H]3C[C@@H]3C(=O)O)C(=O)N3CC(Oc4cc(C5CC5)nc5c(Cl)c(OCCN6CCOCC6)ccc45)C[C@H]3C(N)=O)C[C@@H]12. The van der Waals surface area contributed by atoms with Gasteiger partial charge in [-0.3, -0.25) is 24.3 Å². The number of alkyl carbamates (subject to hydrolysis) is 1. The number of ether oxygens (including phenoxy) is 4. The van der Waals surface area contributed by atoms with E-state index in [9.17, 15) is 24.3 Å². The van der Waals surface area contributed by atoms with Gasteiger partial charge < -0.3 is 40.0 Å². The lowest BCUT2D eigenvalue weighted by Crippen LogP contribution is -2.53. The van der Waals surface area contributed by atoms with Crippen LogP contribution in [0.2, 0.25) is 5.02 Å². The first-order valence-electron chi connectivity index (χ1n) is 22.1. The molecule has 2 aromatic rings. The number of fused-ring (bicyclic) bond motifs is 2. The minimum atomic E-state index is -0.917. The van der Waals surface area contributed by atoms with Crippen molar-refractivity contribution in [1.29, 1.82) is 0 Å². The third-order valence-corrected chi connectivity index (χ3v) is 14.2. The standard InChI is InChI=1S/C44H60ClN5O9/c1-25-31-20-28(21-32(25)31)59-44(55)48-34(8-6-4-2-3-5-7-27-19-33(27)43(53)54)42(52)50-24-29(22-36(50)41(46)51)58-38-23-35(26-9-10-26)47-40-30(38)11-12-37(39(40)45)57-18-15-49-13-16-56-17-14-49/h11-12,23,25-29,31-34,36H,2-10,13-22,24H2,1H3,(H2,46,51)(H,48,55)(H,53,54)/t25-,27-,28+,29?,31+,32-,33+,34+,36+/m1/s1. The first-order chi connectivity index (χ1) is 28.5. The number of aliphatic carboxylic acids is 1. The molecule has 322 valence electrons. The van der Waals surface area contributed by atoms with Crippen molar-refractivity contribution in [3.05, 3.63) is 28.9 Å². The second-order valence-corrected chi connectivity index (χ2v) is 18.3. The Morgan fingerprint density at radius 3 is 2.46 bits per heavy atom. The number of likely N-dealkylation sites (tertiary alicyclic amines) is 1. The average Bonchev–Trinajstić information content (AvgIpc) is 4.18. The quantitative estimate of drug-likeness (QED) is 0.135. The van der Waals surface area contributed by atoms with E-state index < -0.39 is 36.2 Å². The molecule has 3 heterocycles. The smallest absolute Gasteiger partial charge is 0.408 e. The van der Waals surface area contributed by atoms with Crippen LogP contribution >= 0.6 is 11.6 Å². The van der Waals surface area contributed by atoms with Gasteiger partial charge in [0.05, 0.1) is 31.2 Å². The summed E-state index contributed by atoms with van der Waals surface area (Å²) in [5.74, 6) is 1.71. The summed E-state index contributed by atoms with van der Waals surface area (Å²) in [5.41, 5.74) is 7.41. The van der Waals surface area contributed by atoms with Gasteiger partial charge in [0.15, 0.2) is 0 Å². The maximum atomic E-state index is 14.4. The lowest BCUT2D eigenvalue weighted by Gasteiger charge is -2.28. The molecule has 0 bridgehead atoms. The zero-order valence-corrected chi connectivity index (χ0v) is 34.9. The number of nitrogens with two attached hydrogens (primary N) is 1. The van der Waals surface area contributed by atoms with Gasteiger partial charge in [-0.15, -0.1) is 0 Å². The molecular weight excluding hydrogens is 778 g/mol. The molecule has 8 rings (SSSR count). The van der Waals surface area contributed by atoms with E-state index in [4.69, 9.17) is 41.3 Å². The van der Waals surface area contributed by atoms with Crippen LogP contribution in [0.5, 0.6) is 11.5 Å². The predicted molar refractivity (Wildman–Crippen MR) is 219 cm³/mol. The van der Waals surface area contributed by atoms with E-state index in [0.29, 0.717) is 89.7 Å². The largest absolute Gasteiger partial charge is 0.491 e. The van der Waals surface area contributed by atoms with Crippen LogP contribution in [0.3, 0.4) is 0 Å². The zero-order chi connectivity index (χ0) is 41.2. The Labute approximate surface area is 351 Å². The van der Waals surface area contributed by atoms with Crippen molar-refractivity contribution in [1.82, 2.24) is 20.1 Å². The van der Waals surface area contributed by atoms with Crippen molar-refractivity contribution in [2.24, 2.45) is 35.3 Å². The molecule has 2 aliphatic heterocycles. The van der Waals surface area contributed by atoms with Crippen LogP contribution in [0, 0.1) is 29.6 Å². The summed E-state index contributed by atoms with van der Waals surface area (Å²) < 4.78 is 24.1. The molecule has 1 aromatic heterocycles. The molecule has 15 heteroatoms. The topological polar surface area (TPSA) is 183 Å². The molecule has 14 nitrogen and oxygen atoms in total. The number of primary amides is 1. The number of nitrogens with one attached hydrogen (secondary N) is 1. The number of rotatable bonds is 20. The van der Waals surface area contributed by atoms with E-state index in [1.54, 1.807) is 0 Å². The van der Waals surface area contributed by atoms with Crippen LogP contribution in [0.25, 0.3) is 10.9 Å². The average molecular weight is 838 g/mol. The third-order valence-electron chi connectivity index (χ3n) is 13.8. The van der Waals surface area contributed by atoms with Crippen LogP contribution in [-0.4, -0.2) is 114 Å². The summed E-state index contributed by atoms with van der Waals surface area (Å²) >= 11 is 6.98. The molecule has 2 saturated heterocycles. The minimum Gasteiger partial charge on any atom is -0.491 e. The van der Waals surface area contributed by atoms with Crippen LogP contribution in [0.15, 0.2) is 18.2 Å². The van der Waals surface area contributed by atoms with Crippen molar-refractivity contribution in [3.63, 3.8) is 0 Å². The molecule has 1 unspecified atom stereocenters. The number of hydrogen-bond acceptors (Lipinski definition) is 10. The summed E-state index contributed by atoms with van der Waals surface area (Å²) in [7, 11) is 0. The molecular formula is C44H60ClN5O9. The number of morpholine rings is 1. The first-order valence-corrected chi connectivity index (χ1v) is 22.4. The molecule has 6 fully saturated rings. The summed E-state index contributed by atoms with van der Waals surface area (Å²) in [6.45, 7) is 6.75. The van der Waals surface area contributed by atoms with Gasteiger partial charge in [-0.25, -0.2) is 4.79 Å². The second-order valence-electron chi connectivity index (χ2n) is 17.9. The Morgan fingerprint density at radius 1 is 1.00 bits per heavy atom. The van der Waals surface area contributed by atoms with Gasteiger partial charge in [-0.1, -0.05) is 50.6 Å². The van der Waals surface area contributed by atoms with E-state index in [0.717, 1.165) is 89.5 Å². The van der Waals surface area contributed by atoms with Gasteiger partial charge in [0.25, 0.3) is 0 Å². The van der Waals surface area contributed by atoms with Crippen molar-refractivity contribution in [2.75, 3.05) is 46.0 Å². The van der Waals surface area contributed by atoms with Gasteiger partial charge in [0, 0.05) is 49.1 Å². The molecule has 4 N–H and O–H groups in total. The predicted octanol–water partition coefficient (Wildman–Crippen LogP) is 5.90. The molecule has 4 aliphatic carbocycles. The summed E-state index contributed by atoms with van der Waals surface area (Å²) in [4.78, 5) is 60.5. The fourth-order valence-electron chi connectivity index (χ4n) is 9.86. The number of hydrogen-bond donors (Lipinski definition) is 3.